The molecule has 0 aliphatic rings. The topological polar surface area (TPSA) is 80.0 Å². The molecule has 0 unspecified atom stereocenters. The van der Waals surface area contributed by atoms with Gasteiger partial charge in [-0.2, -0.15) is 0 Å². The fourth-order valence-corrected chi connectivity index (χ4v) is 2.78. The summed E-state index contributed by atoms with van der Waals surface area (Å²) in [5.74, 6) is 1.93. The van der Waals surface area contributed by atoms with Gasteiger partial charge in [-0.25, -0.2) is 4.79 Å². The summed E-state index contributed by atoms with van der Waals surface area (Å²) in [5.41, 5.74) is 3.18. The Bertz CT molecular complexity index is 974. The number of hydrogen-bond acceptors (Lipinski definition) is 7. The van der Waals surface area contributed by atoms with Crippen LogP contribution in [-0.4, -0.2) is 31.4 Å². The first-order valence-corrected chi connectivity index (χ1v) is 9.57. The molecule has 30 heavy (non-hydrogen) atoms. The maximum absolute atomic E-state index is 12.3. The van der Waals surface area contributed by atoms with Crippen LogP contribution in [0.1, 0.15) is 32.9 Å². The minimum atomic E-state index is -0.460. The van der Waals surface area contributed by atoms with Crippen LogP contribution in [0.4, 0.5) is 0 Å². The fourth-order valence-electron chi connectivity index (χ4n) is 2.78. The van der Waals surface area contributed by atoms with Gasteiger partial charge in [0, 0.05) is 0 Å². The Hall–Kier alpha value is -3.48. The highest BCUT2D eigenvalue weighted by molar-refractivity contribution is 5.90. The Balaban J connectivity index is 1.54. The van der Waals surface area contributed by atoms with E-state index in [1.807, 2.05) is 45.0 Å². The van der Waals surface area contributed by atoms with Crippen LogP contribution in [0.2, 0.25) is 0 Å². The molecule has 0 saturated heterocycles. The zero-order valence-electron chi connectivity index (χ0n) is 17.6. The van der Waals surface area contributed by atoms with E-state index in [1.165, 1.54) is 7.11 Å². The highest BCUT2D eigenvalue weighted by atomic mass is 16.6. The SMILES string of the molecule is COc1cc(C(=O)OCCOc2ccc(C)cc2)ccc1OCc1c(C)noc1C. The Kier molecular flexibility index (Phi) is 6.95. The number of methoxy groups -OCH3 is 1. The summed E-state index contributed by atoms with van der Waals surface area (Å²) in [6.07, 6.45) is 0. The van der Waals surface area contributed by atoms with E-state index < -0.39 is 5.97 Å². The Morgan fingerprint density at radius 3 is 2.40 bits per heavy atom. The molecule has 1 aromatic heterocycles. The van der Waals surface area contributed by atoms with Crippen molar-refractivity contribution in [3.63, 3.8) is 0 Å². The molecule has 158 valence electrons. The number of rotatable bonds is 9. The second-order valence-electron chi connectivity index (χ2n) is 6.75. The number of esters is 1. The molecule has 7 nitrogen and oxygen atoms in total. The van der Waals surface area contributed by atoms with Crippen molar-refractivity contribution in [2.24, 2.45) is 0 Å². The van der Waals surface area contributed by atoms with Crippen LogP contribution in [0.15, 0.2) is 47.0 Å². The third-order valence-corrected chi connectivity index (χ3v) is 4.56. The molecular formula is C23H25NO6. The minimum Gasteiger partial charge on any atom is -0.493 e. The second-order valence-corrected chi connectivity index (χ2v) is 6.75. The highest BCUT2D eigenvalue weighted by Crippen LogP contribution is 2.29. The monoisotopic (exact) mass is 411 g/mol. The number of benzene rings is 2. The molecule has 0 fully saturated rings. The van der Waals surface area contributed by atoms with Gasteiger partial charge in [-0.3, -0.25) is 0 Å². The first-order chi connectivity index (χ1) is 14.5. The lowest BCUT2D eigenvalue weighted by Crippen LogP contribution is -2.12. The molecule has 2 aromatic carbocycles. The number of aryl methyl sites for hydroxylation is 3. The molecule has 0 amide bonds. The maximum atomic E-state index is 12.3. The molecule has 0 bridgehead atoms. The van der Waals surface area contributed by atoms with Crippen LogP contribution in [0.3, 0.4) is 0 Å². The van der Waals surface area contributed by atoms with Crippen molar-refractivity contribution < 1.29 is 28.3 Å². The smallest absolute Gasteiger partial charge is 0.338 e. The second kappa shape index (κ2) is 9.82. The van der Waals surface area contributed by atoms with E-state index in [0.717, 1.165) is 22.6 Å². The molecule has 0 aliphatic heterocycles. The summed E-state index contributed by atoms with van der Waals surface area (Å²) in [7, 11) is 1.52. The zero-order chi connectivity index (χ0) is 21.5. The van der Waals surface area contributed by atoms with E-state index in [0.29, 0.717) is 22.8 Å². The van der Waals surface area contributed by atoms with Crippen molar-refractivity contribution in [3.05, 3.63) is 70.6 Å². The third-order valence-electron chi connectivity index (χ3n) is 4.56. The van der Waals surface area contributed by atoms with Gasteiger partial charge in [-0.05, 0) is 51.1 Å². The predicted octanol–water partition coefficient (Wildman–Crippen LogP) is 4.42. The van der Waals surface area contributed by atoms with Gasteiger partial charge in [0.25, 0.3) is 0 Å². The molecule has 3 aromatic rings. The first-order valence-electron chi connectivity index (χ1n) is 9.57. The van der Waals surface area contributed by atoms with Crippen LogP contribution in [-0.2, 0) is 11.3 Å². The molecule has 0 aliphatic carbocycles. The van der Waals surface area contributed by atoms with Gasteiger partial charge in [-0.1, -0.05) is 22.9 Å². The lowest BCUT2D eigenvalue weighted by molar-refractivity contribution is 0.0450. The molecule has 3 rings (SSSR count). The molecular weight excluding hydrogens is 386 g/mol. The van der Waals surface area contributed by atoms with Gasteiger partial charge in [0.15, 0.2) is 11.5 Å². The minimum absolute atomic E-state index is 0.138. The standard InChI is InChI=1S/C23H25NO6/c1-15-5-8-19(9-6-15)27-11-12-28-23(25)18-7-10-21(22(13-18)26-4)29-14-20-16(2)24-30-17(20)3/h5-10,13H,11-12,14H2,1-4H3. The molecule has 0 atom stereocenters. The summed E-state index contributed by atoms with van der Waals surface area (Å²) in [6, 6.07) is 12.6. The van der Waals surface area contributed by atoms with Gasteiger partial charge in [0.2, 0.25) is 0 Å². The quantitative estimate of drug-likeness (QED) is 0.381. The third kappa shape index (κ3) is 5.31. The van der Waals surface area contributed by atoms with E-state index in [-0.39, 0.29) is 19.8 Å². The summed E-state index contributed by atoms with van der Waals surface area (Å²) in [6.45, 7) is 6.39. The van der Waals surface area contributed by atoms with Crippen LogP contribution in [0, 0.1) is 20.8 Å². The Labute approximate surface area is 175 Å². The summed E-state index contributed by atoms with van der Waals surface area (Å²) >= 11 is 0. The van der Waals surface area contributed by atoms with Crippen molar-refractivity contribution in [2.75, 3.05) is 20.3 Å². The average molecular weight is 411 g/mol. The van der Waals surface area contributed by atoms with E-state index in [4.69, 9.17) is 23.5 Å². The van der Waals surface area contributed by atoms with Crippen molar-refractivity contribution in [3.8, 4) is 17.2 Å². The molecule has 0 spiro atoms. The van der Waals surface area contributed by atoms with E-state index >= 15 is 0 Å². The van der Waals surface area contributed by atoms with Crippen LogP contribution in [0.5, 0.6) is 17.2 Å². The van der Waals surface area contributed by atoms with Crippen LogP contribution >= 0.6 is 0 Å². The van der Waals surface area contributed by atoms with Crippen LogP contribution < -0.4 is 14.2 Å². The summed E-state index contributed by atoms with van der Waals surface area (Å²) in [5, 5.41) is 3.91. The van der Waals surface area contributed by atoms with Gasteiger partial charge in [0.1, 0.15) is 31.3 Å². The first kappa shape index (κ1) is 21.2. The molecule has 7 heteroatoms. The summed E-state index contributed by atoms with van der Waals surface area (Å²) in [4.78, 5) is 12.3. The molecule has 0 radical (unpaired) electrons. The maximum Gasteiger partial charge on any atom is 0.338 e. The predicted molar refractivity (Wildman–Crippen MR) is 110 cm³/mol. The van der Waals surface area contributed by atoms with Gasteiger partial charge in [-0.15, -0.1) is 0 Å². The molecule has 0 N–H and O–H groups in total. The zero-order valence-corrected chi connectivity index (χ0v) is 17.6. The van der Waals surface area contributed by atoms with E-state index in [2.05, 4.69) is 5.16 Å². The fraction of sp³-hybridized carbons (Fsp3) is 0.304. The van der Waals surface area contributed by atoms with Gasteiger partial charge >= 0.3 is 5.97 Å². The van der Waals surface area contributed by atoms with Gasteiger partial charge in [0.05, 0.1) is 23.9 Å². The van der Waals surface area contributed by atoms with E-state index in [9.17, 15) is 4.79 Å². The largest absolute Gasteiger partial charge is 0.493 e. The lowest BCUT2D eigenvalue weighted by atomic mass is 10.2. The Morgan fingerprint density at radius 2 is 1.73 bits per heavy atom. The van der Waals surface area contributed by atoms with Crippen molar-refractivity contribution >= 4 is 5.97 Å². The number of ether oxygens (including phenoxy) is 4. The average Bonchev–Trinajstić information content (AvgIpc) is 3.08. The normalized spacial score (nSPS) is 10.5. The number of carbonyl (C=O) groups is 1. The number of aromatic nitrogens is 1. The van der Waals surface area contributed by atoms with Gasteiger partial charge < -0.3 is 23.5 Å². The van der Waals surface area contributed by atoms with Crippen LogP contribution in [0.25, 0.3) is 0 Å². The Morgan fingerprint density at radius 1 is 0.967 bits per heavy atom. The van der Waals surface area contributed by atoms with Crippen molar-refractivity contribution in [2.45, 2.75) is 27.4 Å². The number of hydrogen-bond donors (Lipinski definition) is 0. The number of nitrogens with zero attached hydrogens (tertiary/aromatic N) is 1. The molecule has 1 heterocycles. The lowest BCUT2D eigenvalue weighted by Gasteiger charge is -2.12. The highest BCUT2D eigenvalue weighted by Gasteiger charge is 2.15. The summed E-state index contributed by atoms with van der Waals surface area (Å²) < 4.78 is 27.2. The number of carbonyl (C=O) groups excluding carboxylic acids is 1. The van der Waals surface area contributed by atoms with E-state index in [1.54, 1.807) is 18.2 Å². The van der Waals surface area contributed by atoms with Crippen molar-refractivity contribution in [1.82, 2.24) is 5.16 Å². The van der Waals surface area contributed by atoms with Crippen molar-refractivity contribution in [1.29, 1.82) is 0 Å². The molecule has 0 saturated carbocycles.